The molecule has 0 saturated carbocycles. The van der Waals surface area contributed by atoms with Crippen molar-refractivity contribution in [1.82, 2.24) is 4.57 Å². The van der Waals surface area contributed by atoms with Crippen LogP contribution in [-0.4, -0.2) is 4.57 Å². The van der Waals surface area contributed by atoms with E-state index in [0.717, 1.165) is 22.3 Å². The Hall–Kier alpha value is -2.00. The quantitative estimate of drug-likeness (QED) is 0.611. The first-order chi connectivity index (χ1) is 10.5. The van der Waals surface area contributed by atoms with Crippen molar-refractivity contribution in [2.24, 2.45) is 0 Å². The summed E-state index contributed by atoms with van der Waals surface area (Å²) in [5.74, 6) is 0.536. The Morgan fingerprint density at radius 3 is 2.50 bits per heavy atom. The molecule has 1 heterocycles. The van der Waals surface area contributed by atoms with Gasteiger partial charge >= 0.3 is 0 Å². The summed E-state index contributed by atoms with van der Waals surface area (Å²) < 4.78 is 21.5. The number of rotatable bonds is 4. The number of nitrogens with zero attached hydrogens (tertiary/aromatic N) is 1. The minimum atomic E-state index is -0.224. The van der Waals surface area contributed by atoms with Crippen LogP contribution in [0.2, 0.25) is 5.02 Å². The average molecular weight is 318 g/mol. The molecule has 0 aliphatic heterocycles. The lowest BCUT2D eigenvalue weighted by Gasteiger charge is -2.15. The van der Waals surface area contributed by atoms with Gasteiger partial charge in [-0.15, -0.1) is 0 Å². The third-order valence-corrected chi connectivity index (χ3v) is 3.85. The van der Waals surface area contributed by atoms with Gasteiger partial charge in [0.05, 0.1) is 11.2 Å². The molecule has 4 heteroatoms. The molecule has 3 rings (SSSR count). The third kappa shape index (κ3) is 2.95. The molecular weight excluding hydrogens is 301 g/mol. The average Bonchev–Trinajstić information content (AvgIpc) is 2.84. The van der Waals surface area contributed by atoms with Crippen LogP contribution in [0.5, 0.6) is 5.75 Å². The number of ether oxygens (including phenoxy) is 1. The Morgan fingerprint density at radius 2 is 1.82 bits per heavy atom. The number of hydrogen-bond donors (Lipinski definition) is 0. The Balaban J connectivity index is 1.92. The van der Waals surface area contributed by atoms with Crippen LogP contribution in [0.3, 0.4) is 0 Å². The van der Waals surface area contributed by atoms with Gasteiger partial charge < -0.3 is 9.30 Å². The highest BCUT2D eigenvalue weighted by Crippen LogP contribution is 2.26. The summed E-state index contributed by atoms with van der Waals surface area (Å²) in [7, 11) is 0. The van der Waals surface area contributed by atoms with Crippen LogP contribution >= 0.6 is 11.6 Å². The number of aromatic nitrogens is 1. The van der Waals surface area contributed by atoms with E-state index in [1.54, 1.807) is 24.3 Å². The van der Waals surface area contributed by atoms with Gasteiger partial charge in [0.2, 0.25) is 0 Å². The second kappa shape index (κ2) is 6.01. The van der Waals surface area contributed by atoms with E-state index < -0.39 is 0 Å². The highest BCUT2D eigenvalue weighted by Gasteiger charge is 2.12. The summed E-state index contributed by atoms with van der Waals surface area (Å²) >= 11 is 5.87. The van der Waals surface area contributed by atoms with Gasteiger partial charge in [-0.3, -0.25) is 0 Å². The summed E-state index contributed by atoms with van der Waals surface area (Å²) in [6, 6.07) is 14.4. The van der Waals surface area contributed by atoms with Crippen LogP contribution in [0.4, 0.5) is 4.39 Å². The van der Waals surface area contributed by atoms with Gasteiger partial charge in [0.1, 0.15) is 18.2 Å². The molecule has 0 amide bonds. The van der Waals surface area contributed by atoms with Crippen molar-refractivity contribution in [3.63, 3.8) is 0 Å². The van der Waals surface area contributed by atoms with Crippen LogP contribution in [0, 0.1) is 5.82 Å². The van der Waals surface area contributed by atoms with Gasteiger partial charge in [-0.2, -0.15) is 0 Å². The normalized spacial score (nSPS) is 11.3. The maximum absolute atomic E-state index is 13.5. The highest BCUT2D eigenvalue weighted by molar-refractivity contribution is 6.30. The van der Waals surface area contributed by atoms with Crippen LogP contribution in [0.1, 0.15) is 25.6 Å². The predicted octanol–water partition coefficient (Wildman–Crippen LogP) is 5.59. The molecule has 0 N–H and O–H groups in total. The molecule has 0 radical (unpaired) electrons. The molecule has 0 bridgehead atoms. The molecule has 0 fully saturated rings. The molecule has 2 aromatic carbocycles. The number of hydrogen-bond acceptors (Lipinski definition) is 1. The van der Waals surface area contributed by atoms with Crippen molar-refractivity contribution < 1.29 is 9.13 Å². The Morgan fingerprint density at radius 1 is 1.09 bits per heavy atom. The summed E-state index contributed by atoms with van der Waals surface area (Å²) in [6.45, 7) is 4.59. The number of fused-ring (bicyclic) bond motifs is 1. The lowest BCUT2D eigenvalue weighted by atomic mass is 10.2. The lowest BCUT2D eigenvalue weighted by molar-refractivity contribution is 0.293. The highest BCUT2D eigenvalue weighted by atomic mass is 35.5. The van der Waals surface area contributed by atoms with Crippen molar-refractivity contribution in [1.29, 1.82) is 0 Å². The second-order valence-corrected chi connectivity index (χ2v) is 5.98. The third-order valence-electron chi connectivity index (χ3n) is 3.60. The number of halogens is 2. The fourth-order valence-corrected chi connectivity index (χ4v) is 2.79. The van der Waals surface area contributed by atoms with Gasteiger partial charge in [-0.1, -0.05) is 11.6 Å². The monoisotopic (exact) mass is 317 g/mol. The van der Waals surface area contributed by atoms with Gasteiger partial charge in [0.15, 0.2) is 0 Å². The lowest BCUT2D eigenvalue weighted by Crippen LogP contribution is -2.08. The Kier molecular flexibility index (Phi) is 4.08. The van der Waals surface area contributed by atoms with Crippen LogP contribution in [0.15, 0.2) is 48.5 Å². The molecule has 0 unspecified atom stereocenters. The van der Waals surface area contributed by atoms with E-state index in [4.69, 9.17) is 16.3 Å². The number of benzene rings is 2. The fourth-order valence-electron chi connectivity index (χ4n) is 2.66. The largest absolute Gasteiger partial charge is 0.487 e. The molecule has 114 valence electrons. The topological polar surface area (TPSA) is 14.2 Å². The molecule has 3 aromatic rings. The van der Waals surface area contributed by atoms with Gasteiger partial charge in [-0.25, -0.2) is 4.39 Å². The molecule has 0 saturated heterocycles. The van der Waals surface area contributed by atoms with Crippen molar-refractivity contribution in [3.8, 4) is 5.75 Å². The zero-order chi connectivity index (χ0) is 15.7. The molecular formula is C18H17ClFNO. The van der Waals surface area contributed by atoms with Crippen LogP contribution in [-0.2, 0) is 6.61 Å². The molecule has 22 heavy (non-hydrogen) atoms. The zero-order valence-corrected chi connectivity index (χ0v) is 13.3. The van der Waals surface area contributed by atoms with Crippen LogP contribution < -0.4 is 4.74 Å². The fraction of sp³-hybridized carbons (Fsp3) is 0.222. The van der Waals surface area contributed by atoms with E-state index in [0.29, 0.717) is 11.6 Å². The molecule has 2 nitrogen and oxygen atoms in total. The van der Waals surface area contributed by atoms with E-state index in [2.05, 4.69) is 18.4 Å². The summed E-state index contributed by atoms with van der Waals surface area (Å²) in [5, 5.41) is 1.70. The molecule has 0 spiro atoms. The predicted molar refractivity (Wildman–Crippen MR) is 88.1 cm³/mol. The van der Waals surface area contributed by atoms with Crippen molar-refractivity contribution in [2.75, 3.05) is 0 Å². The smallest absolute Gasteiger partial charge is 0.128 e. The van der Waals surface area contributed by atoms with Gasteiger partial charge in [0, 0.05) is 16.5 Å². The maximum Gasteiger partial charge on any atom is 0.128 e. The second-order valence-electron chi connectivity index (χ2n) is 5.55. The van der Waals surface area contributed by atoms with E-state index in [1.807, 2.05) is 18.2 Å². The van der Waals surface area contributed by atoms with E-state index in [-0.39, 0.29) is 11.9 Å². The minimum Gasteiger partial charge on any atom is -0.487 e. The van der Waals surface area contributed by atoms with Gasteiger partial charge in [0.25, 0.3) is 0 Å². The van der Waals surface area contributed by atoms with E-state index in [1.165, 1.54) is 6.07 Å². The molecule has 1 aromatic heterocycles. The zero-order valence-electron chi connectivity index (χ0n) is 12.5. The standard InChI is InChI=1S/C18H17ClFNO/c1-12(2)21-16(9-13-3-6-15(20)10-18(13)21)11-22-17-7-4-14(19)5-8-17/h3-10,12H,11H2,1-2H3. The van der Waals surface area contributed by atoms with Crippen molar-refractivity contribution in [2.45, 2.75) is 26.5 Å². The molecule has 0 aliphatic rings. The first-order valence-electron chi connectivity index (χ1n) is 7.22. The van der Waals surface area contributed by atoms with E-state index in [9.17, 15) is 4.39 Å². The first-order valence-corrected chi connectivity index (χ1v) is 7.60. The van der Waals surface area contributed by atoms with Crippen molar-refractivity contribution in [3.05, 3.63) is 65.1 Å². The minimum absolute atomic E-state index is 0.224. The molecule has 0 aliphatic carbocycles. The summed E-state index contributed by atoms with van der Waals surface area (Å²) in [6.07, 6.45) is 0. The summed E-state index contributed by atoms with van der Waals surface area (Å²) in [5.41, 5.74) is 1.91. The SMILES string of the molecule is CC(C)n1c(COc2ccc(Cl)cc2)cc2ccc(F)cc21. The molecule has 0 atom stereocenters. The van der Waals surface area contributed by atoms with Crippen molar-refractivity contribution >= 4 is 22.5 Å². The van der Waals surface area contributed by atoms with E-state index >= 15 is 0 Å². The Bertz CT molecular complexity index is 793. The first kappa shape index (κ1) is 14.9. The summed E-state index contributed by atoms with van der Waals surface area (Å²) in [4.78, 5) is 0. The Labute approximate surface area is 134 Å². The maximum atomic E-state index is 13.5. The van der Waals surface area contributed by atoms with Gasteiger partial charge in [-0.05, 0) is 62.4 Å². The van der Waals surface area contributed by atoms with Crippen LogP contribution in [0.25, 0.3) is 10.9 Å².